The lowest BCUT2D eigenvalue weighted by Crippen LogP contribution is -2.49. The van der Waals surface area contributed by atoms with Crippen LogP contribution in [0.15, 0.2) is 36.7 Å². The molecular formula is C19H19ClFN5O2. The normalized spacial score (nSPS) is 16.3. The Labute approximate surface area is 166 Å². The molecule has 9 heteroatoms. The van der Waals surface area contributed by atoms with E-state index in [1.54, 1.807) is 23.1 Å². The number of ether oxygens (including phenoxy) is 1. The Balaban J connectivity index is 1.53. The van der Waals surface area contributed by atoms with Gasteiger partial charge in [-0.25, -0.2) is 14.1 Å². The van der Waals surface area contributed by atoms with Crippen molar-refractivity contribution < 1.29 is 13.9 Å². The maximum atomic E-state index is 14.4. The molecule has 1 unspecified atom stereocenters. The van der Waals surface area contributed by atoms with Gasteiger partial charge < -0.3 is 9.64 Å². The molecule has 0 bridgehead atoms. The van der Waals surface area contributed by atoms with Crippen LogP contribution < -0.4 is 9.64 Å². The molecule has 0 N–H and O–H groups in total. The molecule has 0 amide bonds. The number of halogens is 2. The van der Waals surface area contributed by atoms with Gasteiger partial charge >= 0.3 is 0 Å². The molecule has 3 aromatic rings. The first-order valence-corrected chi connectivity index (χ1v) is 9.25. The molecular weight excluding hydrogens is 385 g/mol. The van der Waals surface area contributed by atoms with Crippen LogP contribution >= 0.6 is 11.6 Å². The molecule has 1 aromatic carbocycles. The van der Waals surface area contributed by atoms with Gasteiger partial charge in [0.1, 0.15) is 11.6 Å². The van der Waals surface area contributed by atoms with Gasteiger partial charge in [-0.1, -0.05) is 11.6 Å². The van der Waals surface area contributed by atoms with Crippen LogP contribution in [-0.2, 0) is 4.79 Å². The van der Waals surface area contributed by atoms with E-state index in [1.165, 1.54) is 13.2 Å². The van der Waals surface area contributed by atoms with Gasteiger partial charge in [0.05, 0.1) is 24.0 Å². The maximum absolute atomic E-state index is 14.4. The van der Waals surface area contributed by atoms with Gasteiger partial charge in [0.25, 0.3) is 0 Å². The van der Waals surface area contributed by atoms with Crippen LogP contribution in [0.1, 0.15) is 6.17 Å². The first-order valence-electron chi connectivity index (χ1n) is 8.88. The zero-order chi connectivity index (χ0) is 19.7. The topological polar surface area (TPSA) is 63.5 Å². The predicted molar refractivity (Wildman–Crippen MR) is 104 cm³/mol. The average Bonchev–Trinajstić information content (AvgIpc) is 3.14. The third kappa shape index (κ3) is 3.29. The second-order valence-electron chi connectivity index (χ2n) is 6.52. The fraction of sp³-hybridized carbons (Fsp3) is 0.316. The lowest BCUT2D eigenvalue weighted by molar-refractivity contribution is -0.115. The minimum Gasteiger partial charge on any atom is -0.495 e. The van der Waals surface area contributed by atoms with E-state index in [-0.39, 0.29) is 5.02 Å². The van der Waals surface area contributed by atoms with Gasteiger partial charge in [-0.15, -0.1) is 0 Å². The molecule has 7 nitrogen and oxygen atoms in total. The Kier molecular flexibility index (Phi) is 5.15. The van der Waals surface area contributed by atoms with E-state index in [0.717, 1.165) is 11.7 Å². The van der Waals surface area contributed by atoms with E-state index in [9.17, 15) is 9.18 Å². The second-order valence-corrected chi connectivity index (χ2v) is 6.92. The summed E-state index contributed by atoms with van der Waals surface area (Å²) < 4.78 is 21.2. The van der Waals surface area contributed by atoms with E-state index in [1.807, 2.05) is 21.9 Å². The predicted octanol–water partition coefficient (Wildman–Crippen LogP) is 2.75. The molecule has 0 radical (unpaired) electrons. The van der Waals surface area contributed by atoms with E-state index in [4.69, 9.17) is 16.3 Å². The summed E-state index contributed by atoms with van der Waals surface area (Å²) in [4.78, 5) is 20.1. The van der Waals surface area contributed by atoms with Crippen LogP contribution in [0.5, 0.6) is 5.75 Å². The number of fused-ring (bicyclic) bond motifs is 1. The number of methoxy groups -OCH3 is 1. The number of hydrogen-bond donors (Lipinski definition) is 0. The highest BCUT2D eigenvalue weighted by Crippen LogP contribution is 2.33. The van der Waals surface area contributed by atoms with Crippen LogP contribution in [0.25, 0.3) is 11.0 Å². The summed E-state index contributed by atoms with van der Waals surface area (Å²) in [6.07, 6.45) is 3.68. The summed E-state index contributed by atoms with van der Waals surface area (Å²) >= 11 is 5.98. The Morgan fingerprint density at radius 2 is 2.07 bits per heavy atom. The van der Waals surface area contributed by atoms with Crippen molar-refractivity contribution in [2.24, 2.45) is 0 Å². The number of aldehydes is 1. The van der Waals surface area contributed by atoms with Crippen molar-refractivity contribution in [1.29, 1.82) is 0 Å². The number of carbonyl (C=O) groups excluding carboxylic acids is 1. The molecule has 1 aliphatic rings. The van der Waals surface area contributed by atoms with Crippen molar-refractivity contribution >= 4 is 34.6 Å². The molecule has 0 saturated carbocycles. The fourth-order valence-corrected chi connectivity index (χ4v) is 3.74. The highest BCUT2D eigenvalue weighted by molar-refractivity contribution is 6.32. The van der Waals surface area contributed by atoms with Gasteiger partial charge in [0.2, 0.25) is 0 Å². The minimum absolute atomic E-state index is 0.237. The standard InChI is InChI=1S/C19H19ClFN5O2/c1-28-17-10-16(15(21)9-14(17)20)24-5-7-25(8-6-24)18(12-27)26-19-13(11-23-26)3-2-4-22-19/h2-4,9-12,18H,5-8H2,1H3. The van der Waals surface area contributed by atoms with Crippen LogP contribution in [0, 0.1) is 5.82 Å². The maximum Gasteiger partial charge on any atom is 0.162 e. The Morgan fingerprint density at radius 1 is 1.29 bits per heavy atom. The average molecular weight is 404 g/mol. The van der Waals surface area contributed by atoms with Crippen molar-refractivity contribution in [3.05, 3.63) is 47.5 Å². The second kappa shape index (κ2) is 7.73. The van der Waals surface area contributed by atoms with Crippen molar-refractivity contribution in [2.75, 3.05) is 38.2 Å². The number of aromatic nitrogens is 3. The molecule has 4 rings (SSSR count). The number of piperazine rings is 1. The number of anilines is 1. The summed E-state index contributed by atoms with van der Waals surface area (Å²) in [5.74, 6) is 0.0359. The third-order valence-corrected chi connectivity index (χ3v) is 5.27. The molecule has 1 aliphatic heterocycles. The smallest absolute Gasteiger partial charge is 0.162 e. The Bertz CT molecular complexity index is 1000. The zero-order valence-corrected chi connectivity index (χ0v) is 16.0. The van der Waals surface area contributed by atoms with Crippen LogP contribution in [-0.4, -0.2) is 59.2 Å². The monoisotopic (exact) mass is 403 g/mol. The molecule has 1 atom stereocenters. The van der Waals surface area contributed by atoms with Crippen molar-refractivity contribution in [3.63, 3.8) is 0 Å². The first-order chi connectivity index (χ1) is 13.6. The number of carbonyl (C=O) groups is 1. The van der Waals surface area contributed by atoms with Gasteiger partial charge in [-0.2, -0.15) is 5.10 Å². The van der Waals surface area contributed by atoms with E-state index in [0.29, 0.717) is 43.3 Å². The minimum atomic E-state index is -0.556. The number of benzene rings is 1. The van der Waals surface area contributed by atoms with E-state index in [2.05, 4.69) is 10.1 Å². The van der Waals surface area contributed by atoms with Gasteiger partial charge in [0.15, 0.2) is 18.1 Å². The third-order valence-electron chi connectivity index (χ3n) is 4.98. The lowest BCUT2D eigenvalue weighted by Gasteiger charge is -2.38. The molecule has 1 fully saturated rings. The Morgan fingerprint density at radius 3 is 2.79 bits per heavy atom. The summed E-state index contributed by atoms with van der Waals surface area (Å²) in [6, 6.07) is 6.60. The SMILES string of the molecule is COc1cc(N2CCN(C(C=O)n3ncc4cccnc43)CC2)c(F)cc1Cl. The van der Waals surface area contributed by atoms with Crippen molar-refractivity contribution in [1.82, 2.24) is 19.7 Å². The fourth-order valence-electron chi connectivity index (χ4n) is 3.52. The number of hydrogen-bond acceptors (Lipinski definition) is 6. The quantitative estimate of drug-likeness (QED) is 0.610. The van der Waals surface area contributed by atoms with Crippen molar-refractivity contribution in [3.8, 4) is 5.75 Å². The van der Waals surface area contributed by atoms with Gasteiger partial charge in [-0.3, -0.25) is 9.69 Å². The highest BCUT2D eigenvalue weighted by Gasteiger charge is 2.28. The molecule has 2 aromatic heterocycles. The number of pyridine rings is 1. The summed E-state index contributed by atoms with van der Waals surface area (Å²) in [6.45, 7) is 2.25. The number of rotatable bonds is 5. The molecule has 0 spiro atoms. The largest absolute Gasteiger partial charge is 0.495 e. The highest BCUT2D eigenvalue weighted by atomic mass is 35.5. The van der Waals surface area contributed by atoms with Gasteiger partial charge in [-0.05, 0) is 18.2 Å². The molecule has 1 saturated heterocycles. The van der Waals surface area contributed by atoms with Crippen LogP contribution in [0.3, 0.4) is 0 Å². The molecule has 146 valence electrons. The summed E-state index contributed by atoms with van der Waals surface area (Å²) in [5.41, 5.74) is 1.10. The molecule has 3 heterocycles. The van der Waals surface area contributed by atoms with Crippen molar-refractivity contribution in [2.45, 2.75) is 6.17 Å². The van der Waals surface area contributed by atoms with Gasteiger partial charge in [0, 0.05) is 43.8 Å². The molecule has 0 aliphatic carbocycles. The van der Waals surface area contributed by atoms with Crippen LogP contribution in [0.4, 0.5) is 10.1 Å². The number of nitrogens with zero attached hydrogens (tertiary/aromatic N) is 5. The van der Waals surface area contributed by atoms with Crippen LogP contribution in [0.2, 0.25) is 5.02 Å². The Hall–Kier alpha value is -2.71. The summed E-state index contributed by atoms with van der Waals surface area (Å²) in [7, 11) is 1.50. The zero-order valence-electron chi connectivity index (χ0n) is 15.3. The van der Waals surface area contributed by atoms with E-state index >= 15 is 0 Å². The summed E-state index contributed by atoms with van der Waals surface area (Å²) in [5, 5.41) is 5.46. The lowest BCUT2D eigenvalue weighted by atomic mass is 10.2. The molecule has 28 heavy (non-hydrogen) atoms. The van der Waals surface area contributed by atoms with E-state index < -0.39 is 12.0 Å². The first kappa shape index (κ1) is 18.6.